The number of likely N-dealkylation sites (tertiary alicyclic amines) is 1. The van der Waals surface area contributed by atoms with Crippen molar-refractivity contribution in [1.82, 2.24) is 15.1 Å². The molecule has 1 fully saturated rings. The summed E-state index contributed by atoms with van der Waals surface area (Å²) >= 11 is 0. The average Bonchev–Trinajstić information content (AvgIpc) is 3.30. The van der Waals surface area contributed by atoms with Crippen LogP contribution in [0.1, 0.15) is 50.2 Å². The van der Waals surface area contributed by atoms with E-state index in [0.717, 1.165) is 24.9 Å². The maximum atomic E-state index is 13.1. The molecular formula is C30H42N6O6. The molecule has 12 nitrogen and oxygen atoms in total. The van der Waals surface area contributed by atoms with Gasteiger partial charge >= 0.3 is 6.09 Å². The Morgan fingerprint density at radius 3 is 2.81 bits per heavy atom. The number of guanidine groups is 1. The molecule has 6 atom stereocenters. The van der Waals surface area contributed by atoms with Crippen molar-refractivity contribution in [3.8, 4) is 11.5 Å². The highest BCUT2D eigenvalue weighted by molar-refractivity contribution is 5.88. The maximum absolute atomic E-state index is 13.1. The molecule has 1 spiro atoms. The van der Waals surface area contributed by atoms with E-state index in [-0.39, 0.29) is 41.9 Å². The molecular weight excluding hydrogens is 540 g/mol. The third-order valence-electron chi connectivity index (χ3n) is 9.27. The zero-order valence-electron chi connectivity index (χ0n) is 24.5. The SMILES string of the molecule is CC(=O)NC(CCCN=C(N)N)C(=O)CCCN(C)C(=O)Oc1ccc2c3c1OC1C(O)C=CC4C(C2)N(C)CCC341. The van der Waals surface area contributed by atoms with Gasteiger partial charge in [0.05, 0.1) is 6.04 Å². The number of nitrogens with one attached hydrogen (secondary N) is 1. The molecule has 4 aliphatic rings. The summed E-state index contributed by atoms with van der Waals surface area (Å²) in [6.07, 6.45) is 5.56. The van der Waals surface area contributed by atoms with Gasteiger partial charge in [0.1, 0.15) is 12.2 Å². The Kier molecular flexibility index (Phi) is 8.47. The number of rotatable bonds is 11. The molecule has 2 heterocycles. The number of benzene rings is 1. The van der Waals surface area contributed by atoms with Gasteiger partial charge in [-0.15, -0.1) is 0 Å². The molecule has 228 valence electrons. The number of Topliss-reactive ketones (excluding diaryl/α,β-unsaturated/α-hetero) is 1. The van der Waals surface area contributed by atoms with Gasteiger partial charge in [-0.25, -0.2) is 4.79 Å². The summed E-state index contributed by atoms with van der Waals surface area (Å²) in [7, 11) is 3.78. The summed E-state index contributed by atoms with van der Waals surface area (Å²) in [5.41, 5.74) is 12.6. The van der Waals surface area contributed by atoms with Crippen LogP contribution in [0, 0.1) is 5.92 Å². The molecule has 42 heavy (non-hydrogen) atoms. The predicted molar refractivity (Wildman–Crippen MR) is 156 cm³/mol. The van der Waals surface area contributed by atoms with Crippen LogP contribution in [0.15, 0.2) is 29.3 Å². The molecule has 0 radical (unpaired) electrons. The number of aliphatic imine (C=N–C) groups is 1. The summed E-state index contributed by atoms with van der Waals surface area (Å²) in [6, 6.07) is 3.50. The van der Waals surface area contributed by atoms with E-state index in [0.29, 0.717) is 43.3 Å². The Hall–Kier alpha value is -3.64. The molecule has 1 aromatic carbocycles. The molecule has 0 aromatic heterocycles. The van der Waals surface area contributed by atoms with Crippen molar-refractivity contribution in [3.05, 3.63) is 35.4 Å². The Labute approximate surface area is 246 Å². The lowest BCUT2D eigenvalue weighted by Gasteiger charge is -2.56. The standard InChI is InChI=1S/C30H42N6O6/c1-17(37)34-20(6-4-13-33-28(31)32)22(38)7-5-14-36(3)29(40)41-24-11-8-18-16-21-19-9-10-23(39)27-30(19,12-15-35(21)2)25(18)26(24)42-27/h8-11,19-21,23,27,39H,4-7,12-16H2,1-3H3,(H,34,37)(H4,31,32,33). The summed E-state index contributed by atoms with van der Waals surface area (Å²) in [5, 5.41) is 13.6. The van der Waals surface area contributed by atoms with Crippen molar-refractivity contribution in [3.63, 3.8) is 0 Å². The number of aliphatic hydroxyl groups excluding tert-OH is 1. The Morgan fingerprint density at radius 1 is 1.29 bits per heavy atom. The quantitative estimate of drug-likeness (QED) is 0.128. The number of likely N-dealkylation sites (N-methyl/N-ethyl adjacent to an activating group) is 1. The summed E-state index contributed by atoms with van der Waals surface area (Å²) in [6.45, 7) is 2.93. The molecule has 5 rings (SSSR count). The van der Waals surface area contributed by atoms with Crippen molar-refractivity contribution in [2.75, 3.05) is 33.7 Å². The lowest BCUT2D eigenvalue weighted by atomic mass is 9.53. The molecule has 12 heteroatoms. The molecule has 0 saturated carbocycles. The van der Waals surface area contributed by atoms with Gasteiger partial charge in [0.2, 0.25) is 5.91 Å². The van der Waals surface area contributed by atoms with E-state index >= 15 is 0 Å². The highest BCUT2D eigenvalue weighted by atomic mass is 16.6. The maximum Gasteiger partial charge on any atom is 0.415 e. The number of ketones is 1. The first-order chi connectivity index (χ1) is 20.0. The van der Waals surface area contributed by atoms with Crippen LogP contribution in [0.2, 0.25) is 0 Å². The minimum absolute atomic E-state index is 0.0182. The lowest BCUT2D eigenvalue weighted by molar-refractivity contribution is -0.127. The highest BCUT2D eigenvalue weighted by Gasteiger charge is 2.64. The second kappa shape index (κ2) is 11.9. The molecule has 2 amide bonds. The zero-order chi connectivity index (χ0) is 30.2. The van der Waals surface area contributed by atoms with Gasteiger partial charge in [0.15, 0.2) is 23.2 Å². The number of hydrogen-bond donors (Lipinski definition) is 4. The van der Waals surface area contributed by atoms with Crippen LogP contribution >= 0.6 is 0 Å². The van der Waals surface area contributed by atoms with Gasteiger partial charge in [-0.1, -0.05) is 18.2 Å². The summed E-state index contributed by atoms with van der Waals surface area (Å²) < 4.78 is 12.3. The predicted octanol–water partition coefficient (Wildman–Crippen LogP) is 0.831. The normalized spacial score (nSPS) is 27.3. The largest absolute Gasteiger partial charge is 0.482 e. The number of aliphatic hydroxyl groups is 1. The van der Waals surface area contributed by atoms with Gasteiger partial charge in [-0.05, 0) is 57.3 Å². The highest BCUT2D eigenvalue weighted by Crippen LogP contribution is 2.62. The lowest BCUT2D eigenvalue weighted by Crippen LogP contribution is -2.64. The van der Waals surface area contributed by atoms with Crippen molar-refractivity contribution < 1.29 is 29.0 Å². The van der Waals surface area contributed by atoms with Crippen molar-refractivity contribution in [2.45, 2.75) is 75.2 Å². The molecule has 1 aromatic rings. The van der Waals surface area contributed by atoms with E-state index in [4.69, 9.17) is 20.9 Å². The van der Waals surface area contributed by atoms with Gasteiger partial charge in [-0.2, -0.15) is 0 Å². The Balaban J connectivity index is 1.21. The number of carbonyl (C=O) groups excluding carboxylic acids is 3. The Bertz CT molecular complexity index is 1300. The minimum Gasteiger partial charge on any atom is -0.482 e. The van der Waals surface area contributed by atoms with Gasteiger partial charge in [0.25, 0.3) is 0 Å². The number of nitrogens with zero attached hydrogens (tertiary/aromatic N) is 3. The number of nitrogens with two attached hydrogens (primary N) is 2. The third kappa shape index (κ3) is 5.45. The first-order valence-electron chi connectivity index (χ1n) is 14.7. The van der Waals surface area contributed by atoms with Gasteiger partial charge in [-0.3, -0.25) is 14.6 Å². The molecule has 2 aliphatic carbocycles. The third-order valence-corrected chi connectivity index (χ3v) is 9.27. The first kappa shape index (κ1) is 29.8. The smallest absolute Gasteiger partial charge is 0.415 e. The van der Waals surface area contributed by atoms with Gasteiger partial charge in [0, 0.05) is 56.4 Å². The van der Waals surface area contributed by atoms with E-state index in [1.165, 1.54) is 17.4 Å². The Morgan fingerprint density at radius 2 is 2.07 bits per heavy atom. The van der Waals surface area contributed by atoms with E-state index in [9.17, 15) is 19.5 Å². The average molecular weight is 583 g/mol. The molecule has 6 N–H and O–H groups in total. The topological polar surface area (TPSA) is 173 Å². The number of piperidine rings is 1. The van der Waals surface area contributed by atoms with Crippen LogP contribution in [0.5, 0.6) is 11.5 Å². The second-order valence-electron chi connectivity index (χ2n) is 12.0. The van der Waals surface area contributed by atoms with Crippen molar-refractivity contribution >= 4 is 23.7 Å². The second-order valence-corrected chi connectivity index (χ2v) is 12.0. The number of carbonyl (C=O) groups is 3. The van der Waals surface area contributed by atoms with Crippen LogP contribution < -0.4 is 26.3 Å². The molecule has 2 bridgehead atoms. The monoisotopic (exact) mass is 582 g/mol. The molecule has 1 saturated heterocycles. The minimum atomic E-state index is -0.736. The van der Waals surface area contributed by atoms with Crippen LogP contribution in [0.3, 0.4) is 0 Å². The number of ether oxygens (including phenoxy) is 2. The fourth-order valence-electron chi connectivity index (χ4n) is 7.30. The summed E-state index contributed by atoms with van der Waals surface area (Å²) in [4.78, 5) is 45.3. The first-order valence-corrected chi connectivity index (χ1v) is 14.7. The number of hydrogen-bond acceptors (Lipinski definition) is 8. The van der Waals surface area contributed by atoms with E-state index in [2.05, 4.69) is 28.3 Å². The van der Waals surface area contributed by atoms with Crippen LogP contribution in [-0.4, -0.2) is 96.7 Å². The fourth-order valence-corrected chi connectivity index (χ4v) is 7.30. The molecule has 2 aliphatic heterocycles. The zero-order valence-corrected chi connectivity index (χ0v) is 24.5. The van der Waals surface area contributed by atoms with Crippen LogP contribution in [0.25, 0.3) is 0 Å². The summed E-state index contributed by atoms with van der Waals surface area (Å²) in [5.74, 6) is 0.700. The fraction of sp³-hybridized carbons (Fsp3) is 0.600. The molecule has 6 unspecified atom stereocenters. The van der Waals surface area contributed by atoms with Crippen LogP contribution in [0.4, 0.5) is 4.79 Å². The van der Waals surface area contributed by atoms with E-state index in [1.807, 2.05) is 12.1 Å². The van der Waals surface area contributed by atoms with E-state index < -0.39 is 24.3 Å². The van der Waals surface area contributed by atoms with E-state index in [1.54, 1.807) is 13.1 Å². The number of amides is 2. The van der Waals surface area contributed by atoms with Crippen molar-refractivity contribution in [2.24, 2.45) is 22.4 Å². The van der Waals surface area contributed by atoms with Crippen LogP contribution in [-0.2, 0) is 21.4 Å². The van der Waals surface area contributed by atoms with Gasteiger partial charge < -0.3 is 41.2 Å². The van der Waals surface area contributed by atoms with Crippen molar-refractivity contribution in [1.29, 1.82) is 0 Å².